The van der Waals surface area contributed by atoms with Crippen molar-refractivity contribution in [3.05, 3.63) is 12.3 Å². The van der Waals surface area contributed by atoms with Crippen molar-refractivity contribution in [1.29, 1.82) is 0 Å². The van der Waals surface area contributed by atoms with E-state index in [0.29, 0.717) is 0 Å². The molecule has 0 amide bonds. The van der Waals surface area contributed by atoms with E-state index < -0.39 is 0 Å². The van der Waals surface area contributed by atoms with Crippen molar-refractivity contribution in [2.45, 2.75) is 40.0 Å². The summed E-state index contributed by atoms with van der Waals surface area (Å²) in [5.74, 6) is -0.205. The van der Waals surface area contributed by atoms with E-state index in [1.165, 1.54) is 12.7 Å². The highest BCUT2D eigenvalue weighted by molar-refractivity contribution is 5.72. The molecule has 0 saturated carbocycles. The number of hydrogen-bond acceptors (Lipinski definition) is 2. The molecule has 0 N–H and O–H groups in total. The van der Waals surface area contributed by atoms with E-state index in [-0.39, 0.29) is 11.9 Å². The summed E-state index contributed by atoms with van der Waals surface area (Å²) < 4.78 is 4.83. The Bertz CT molecular complexity index is 148. The van der Waals surface area contributed by atoms with Crippen LogP contribution in [0.2, 0.25) is 0 Å². The van der Waals surface area contributed by atoms with Gasteiger partial charge in [0.1, 0.15) is 0 Å². The van der Waals surface area contributed by atoms with Gasteiger partial charge in [-0.1, -0.05) is 27.2 Å². The highest BCUT2D eigenvalue weighted by Gasteiger charge is 2.04. The van der Waals surface area contributed by atoms with E-state index in [0.717, 1.165) is 12.8 Å². The number of rotatable bonds is 5. The topological polar surface area (TPSA) is 26.3 Å². The van der Waals surface area contributed by atoms with Crippen LogP contribution in [-0.2, 0) is 9.53 Å². The standard InChI is InChI=1S/C10H18O2/c1-4-5-6-7-8-12-10(11)9(2)3/h7-9H,4-6H2,1-3H3/b8-7-. The Morgan fingerprint density at radius 1 is 1.50 bits per heavy atom. The molecule has 2 nitrogen and oxygen atoms in total. The Balaban J connectivity index is 3.40. The number of carbonyl (C=O) groups is 1. The zero-order chi connectivity index (χ0) is 9.40. The van der Waals surface area contributed by atoms with Crippen molar-refractivity contribution in [2.75, 3.05) is 0 Å². The lowest BCUT2D eigenvalue weighted by Crippen LogP contribution is -2.07. The summed E-state index contributed by atoms with van der Waals surface area (Å²) in [4.78, 5) is 10.9. The molecule has 2 heteroatoms. The minimum atomic E-state index is -0.164. The molecule has 0 fully saturated rings. The Morgan fingerprint density at radius 3 is 2.67 bits per heavy atom. The van der Waals surface area contributed by atoms with Gasteiger partial charge in [0.25, 0.3) is 0 Å². The number of hydrogen-bond donors (Lipinski definition) is 0. The van der Waals surface area contributed by atoms with Crippen molar-refractivity contribution in [2.24, 2.45) is 5.92 Å². The third-order valence-electron chi connectivity index (χ3n) is 1.48. The smallest absolute Gasteiger partial charge is 0.313 e. The van der Waals surface area contributed by atoms with Gasteiger partial charge in [-0.05, 0) is 18.9 Å². The number of esters is 1. The quantitative estimate of drug-likeness (QED) is 0.360. The van der Waals surface area contributed by atoms with Gasteiger partial charge in [0.2, 0.25) is 0 Å². The number of ether oxygens (including phenoxy) is 1. The lowest BCUT2D eigenvalue weighted by molar-refractivity contribution is -0.141. The molecule has 0 heterocycles. The van der Waals surface area contributed by atoms with E-state index in [9.17, 15) is 4.79 Å². The summed E-state index contributed by atoms with van der Waals surface area (Å²) in [5, 5.41) is 0. The van der Waals surface area contributed by atoms with Gasteiger partial charge in [0.15, 0.2) is 0 Å². The molecule has 70 valence electrons. The van der Waals surface area contributed by atoms with Gasteiger partial charge in [-0.3, -0.25) is 4.79 Å². The van der Waals surface area contributed by atoms with Crippen LogP contribution in [0.1, 0.15) is 40.0 Å². The van der Waals surface area contributed by atoms with Gasteiger partial charge >= 0.3 is 5.97 Å². The molecule has 0 bridgehead atoms. The highest BCUT2D eigenvalue weighted by Crippen LogP contribution is 1.98. The second-order valence-electron chi connectivity index (χ2n) is 3.11. The first kappa shape index (κ1) is 11.2. The summed E-state index contributed by atoms with van der Waals surface area (Å²) >= 11 is 0. The van der Waals surface area contributed by atoms with E-state index in [2.05, 4.69) is 6.92 Å². The Hall–Kier alpha value is -0.790. The summed E-state index contributed by atoms with van der Waals surface area (Å²) in [6.45, 7) is 5.78. The zero-order valence-corrected chi connectivity index (χ0v) is 8.17. The van der Waals surface area contributed by atoms with Crippen LogP contribution in [0.4, 0.5) is 0 Å². The third kappa shape index (κ3) is 5.96. The molecule has 0 atom stereocenters. The molecule has 0 saturated heterocycles. The Morgan fingerprint density at radius 2 is 2.17 bits per heavy atom. The van der Waals surface area contributed by atoms with Gasteiger partial charge in [-0.25, -0.2) is 0 Å². The lowest BCUT2D eigenvalue weighted by atomic mass is 10.2. The van der Waals surface area contributed by atoms with Crippen molar-refractivity contribution >= 4 is 5.97 Å². The minimum absolute atomic E-state index is 0.0409. The molecular weight excluding hydrogens is 152 g/mol. The van der Waals surface area contributed by atoms with Gasteiger partial charge < -0.3 is 4.74 Å². The number of allylic oxidation sites excluding steroid dienone is 1. The molecule has 0 aromatic heterocycles. The Kier molecular flexibility index (Phi) is 6.44. The molecule has 0 aliphatic heterocycles. The van der Waals surface area contributed by atoms with E-state index in [1.807, 2.05) is 19.9 Å². The van der Waals surface area contributed by atoms with Gasteiger partial charge in [0, 0.05) is 0 Å². The van der Waals surface area contributed by atoms with Crippen LogP contribution in [0.25, 0.3) is 0 Å². The largest absolute Gasteiger partial charge is 0.435 e. The minimum Gasteiger partial charge on any atom is -0.435 e. The first-order valence-corrected chi connectivity index (χ1v) is 4.54. The molecule has 12 heavy (non-hydrogen) atoms. The van der Waals surface area contributed by atoms with Crippen LogP contribution >= 0.6 is 0 Å². The normalized spacial score (nSPS) is 11.0. The molecule has 0 aliphatic carbocycles. The van der Waals surface area contributed by atoms with Gasteiger partial charge in [-0.2, -0.15) is 0 Å². The lowest BCUT2D eigenvalue weighted by Gasteiger charge is -2.00. The van der Waals surface area contributed by atoms with Crippen molar-refractivity contribution in [3.63, 3.8) is 0 Å². The van der Waals surface area contributed by atoms with Crippen molar-refractivity contribution in [3.8, 4) is 0 Å². The molecule has 0 rings (SSSR count). The molecule has 0 unspecified atom stereocenters. The summed E-state index contributed by atoms with van der Waals surface area (Å²) in [5.41, 5.74) is 0. The second kappa shape index (κ2) is 6.89. The van der Waals surface area contributed by atoms with Crippen LogP contribution in [0.15, 0.2) is 12.3 Å². The van der Waals surface area contributed by atoms with Crippen molar-refractivity contribution < 1.29 is 9.53 Å². The first-order chi connectivity index (χ1) is 5.68. The number of carbonyl (C=O) groups excluding carboxylic acids is 1. The predicted molar refractivity (Wildman–Crippen MR) is 49.6 cm³/mol. The fraction of sp³-hybridized carbons (Fsp3) is 0.700. The van der Waals surface area contributed by atoms with E-state index in [1.54, 1.807) is 0 Å². The van der Waals surface area contributed by atoms with E-state index in [4.69, 9.17) is 4.74 Å². The van der Waals surface area contributed by atoms with E-state index >= 15 is 0 Å². The van der Waals surface area contributed by atoms with Crippen molar-refractivity contribution in [1.82, 2.24) is 0 Å². The summed E-state index contributed by atoms with van der Waals surface area (Å²) in [6, 6.07) is 0. The molecule has 0 aromatic carbocycles. The SMILES string of the molecule is CCCC/C=C\OC(=O)C(C)C. The zero-order valence-electron chi connectivity index (χ0n) is 8.17. The maximum Gasteiger partial charge on any atom is 0.313 e. The van der Waals surface area contributed by atoms with Crippen LogP contribution in [0, 0.1) is 5.92 Å². The first-order valence-electron chi connectivity index (χ1n) is 4.54. The highest BCUT2D eigenvalue weighted by atomic mass is 16.5. The predicted octanol–water partition coefficient (Wildman–Crippen LogP) is 2.89. The molecule has 0 spiro atoms. The number of unbranched alkanes of at least 4 members (excludes halogenated alkanes) is 2. The van der Waals surface area contributed by atoms with Crippen LogP contribution in [0.3, 0.4) is 0 Å². The average Bonchev–Trinajstić information content (AvgIpc) is 2.03. The average molecular weight is 170 g/mol. The monoisotopic (exact) mass is 170 g/mol. The molecule has 0 radical (unpaired) electrons. The van der Waals surface area contributed by atoms with Crippen LogP contribution in [0.5, 0.6) is 0 Å². The maximum atomic E-state index is 10.9. The fourth-order valence-corrected chi connectivity index (χ4v) is 0.641. The molecule has 0 aromatic rings. The summed E-state index contributed by atoms with van der Waals surface area (Å²) in [6.07, 6.45) is 6.70. The van der Waals surface area contributed by atoms with Crippen LogP contribution < -0.4 is 0 Å². The molecular formula is C10H18O2. The summed E-state index contributed by atoms with van der Waals surface area (Å²) in [7, 11) is 0. The fourth-order valence-electron chi connectivity index (χ4n) is 0.641. The van der Waals surface area contributed by atoms with Gasteiger partial charge in [0.05, 0.1) is 12.2 Å². The molecule has 0 aliphatic rings. The third-order valence-corrected chi connectivity index (χ3v) is 1.48. The van der Waals surface area contributed by atoms with Gasteiger partial charge in [-0.15, -0.1) is 0 Å². The maximum absolute atomic E-state index is 10.9. The van der Waals surface area contributed by atoms with Crippen LogP contribution in [-0.4, -0.2) is 5.97 Å². The Labute approximate surface area is 74.6 Å². The second-order valence-corrected chi connectivity index (χ2v) is 3.11.